The van der Waals surface area contributed by atoms with Gasteiger partial charge in [-0.15, -0.1) is 0 Å². The van der Waals surface area contributed by atoms with Gasteiger partial charge in [0.05, 0.1) is 25.5 Å². The van der Waals surface area contributed by atoms with Crippen LogP contribution in [0.25, 0.3) is 0 Å². The number of benzene rings is 2. The van der Waals surface area contributed by atoms with Gasteiger partial charge in [0.2, 0.25) is 5.78 Å². The third-order valence-corrected chi connectivity index (χ3v) is 8.63. The van der Waals surface area contributed by atoms with E-state index < -0.39 is 26.8 Å². The molecule has 11 heteroatoms. The molecule has 0 N–H and O–H groups in total. The Balaban J connectivity index is 2.45. The van der Waals surface area contributed by atoms with Gasteiger partial charge in [-0.3, -0.25) is 13.9 Å². The van der Waals surface area contributed by atoms with Crippen molar-refractivity contribution in [3.05, 3.63) is 71.8 Å². The molecule has 0 heterocycles. The second-order valence-electron chi connectivity index (χ2n) is 6.77. The van der Waals surface area contributed by atoms with Crippen molar-refractivity contribution in [1.82, 2.24) is 0 Å². The second-order valence-corrected chi connectivity index (χ2v) is 11.6. The number of hydrogen-bond donors (Lipinski definition) is 0. The van der Waals surface area contributed by atoms with E-state index in [9.17, 15) is 13.9 Å². The summed E-state index contributed by atoms with van der Waals surface area (Å²) in [6.45, 7) is -0.364. The molecular formula is C22H30O9P2. The molecule has 33 heavy (non-hydrogen) atoms. The third-order valence-electron chi connectivity index (χ3n) is 4.94. The van der Waals surface area contributed by atoms with Crippen LogP contribution in [0.2, 0.25) is 0 Å². The Kier molecular flexibility index (Phi) is 10.6. The molecule has 0 saturated heterocycles. The molecule has 0 bridgehead atoms. The lowest BCUT2D eigenvalue weighted by Gasteiger charge is -2.33. The molecule has 2 aromatic carbocycles. The van der Waals surface area contributed by atoms with Gasteiger partial charge in [0.1, 0.15) is 0 Å². The van der Waals surface area contributed by atoms with Crippen LogP contribution in [0.15, 0.2) is 60.7 Å². The molecule has 2 rings (SSSR count). The fourth-order valence-corrected chi connectivity index (χ4v) is 4.68. The van der Waals surface area contributed by atoms with Crippen LogP contribution >= 0.6 is 15.2 Å². The Bertz CT molecular complexity index is 918. The molecule has 0 aromatic heterocycles. The van der Waals surface area contributed by atoms with Crippen LogP contribution in [-0.4, -0.2) is 59.8 Å². The van der Waals surface area contributed by atoms with Crippen molar-refractivity contribution in [3.63, 3.8) is 0 Å². The average Bonchev–Trinajstić information content (AvgIpc) is 2.88. The SMILES string of the molecule is COP(=O)(CCOC(OCCP(=O)(OC)OC)(C(=O)c1ccccc1)c1ccccc1)OC. The largest absolute Gasteiger partial charge is 0.339 e. The quantitative estimate of drug-likeness (QED) is 0.195. The lowest BCUT2D eigenvalue weighted by Crippen LogP contribution is -2.43. The molecule has 0 amide bonds. The zero-order valence-electron chi connectivity index (χ0n) is 19.2. The first-order valence-corrected chi connectivity index (χ1v) is 13.6. The first-order valence-electron chi connectivity index (χ1n) is 10.1. The number of carbonyl (C=O) groups is 1. The minimum Gasteiger partial charge on any atom is -0.339 e. The number of rotatable bonds is 15. The van der Waals surface area contributed by atoms with Crippen molar-refractivity contribution in [1.29, 1.82) is 0 Å². The number of carbonyl (C=O) groups excluding carboxylic acids is 1. The van der Waals surface area contributed by atoms with Crippen molar-refractivity contribution in [2.24, 2.45) is 0 Å². The normalized spacial score (nSPS) is 12.6. The Labute approximate surface area is 194 Å². The second kappa shape index (κ2) is 12.7. The first kappa shape index (κ1) is 27.6. The molecule has 0 aliphatic carbocycles. The van der Waals surface area contributed by atoms with Gasteiger partial charge in [-0.1, -0.05) is 60.7 Å². The molecule has 0 spiro atoms. The van der Waals surface area contributed by atoms with Crippen LogP contribution in [0.5, 0.6) is 0 Å². The zero-order chi connectivity index (χ0) is 24.4. The molecule has 2 aromatic rings. The summed E-state index contributed by atoms with van der Waals surface area (Å²) in [5, 5.41) is 0. The summed E-state index contributed by atoms with van der Waals surface area (Å²) < 4.78 is 57.0. The fourth-order valence-electron chi connectivity index (χ4n) is 3.02. The summed E-state index contributed by atoms with van der Waals surface area (Å²) in [6.07, 6.45) is -0.233. The average molecular weight is 500 g/mol. The third kappa shape index (κ3) is 7.15. The predicted molar refractivity (Wildman–Crippen MR) is 124 cm³/mol. The minimum absolute atomic E-state index is 0.116. The van der Waals surface area contributed by atoms with E-state index in [1.165, 1.54) is 28.4 Å². The fraction of sp³-hybridized carbons (Fsp3) is 0.409. The smallest absolute Gasteiger partial charge is 0.332 e. The van der Waals surface area contributed by atoms with Crippen LogP contribution in [0, 0.1) is 0 Å². The van der Waals surface area contributed by atoms with Crippen LogP contribution in [0.4, 0.5) is 0 Å². The predicted octanol–water partition coefficient (Wildman–Crippen LogP) is 4.73. The zero-order valence-corrected chi connectivity index (χ0v) is 21.0. The topological polar surface area (TPSA) is 107 Å². The van der Waals surface area contributed by atoms with Gasteiger partial charge in [-0.05, 0) is 0 Å². The summed E-state index contributed by atoms with van der Waals surface area (Å²) in [4.78, 5) is 13.7. The van der Waals surface area contributed by atoms with Gasteiger partial charge in [-0.25, -0.2) is 0 Å². The molecular weight excluding hydrogens is 470 g/mol. The van der Waals surface area contributed by atoms with Crippen LogP contribution in [0.1, 0.15) is 15.9 Å². The number of hydrogen-bond acceptors (Lipinski definition) is 9. The number of Topliss-reactive ketones (excluding diaryl/α,β-unsaturated/α-hetero) is 1. The highest BCUT2D eigenvalue weighted by Crippen LogP contribution is 2.48. The van der Waals surface area contributed by atoms with Crippen molar-refractivity contribution < 1.29 is 41.5 Å². The van der Waals surface area contributed by atoms with Gasteiger partial charge in [0.25, 0.3) is 5.79 Å². The van der Waals surface area contributed by atoms with Gasteiger partial charge in [-0.2, -0.15) is 0 Å². The minimum atomic E-state index is -3.40. The first-order chi connectivity index (χ1) is 15.8. The number of ketones is 1. The molecule has 0 unspecified atom stereocenters. The summed E-state index contributed by atoms with van der Waals surface area (Å²) >= 11 is 0. The van der Waals surface area contributed by atoms with Gasteiger partial charge in [0.15, 0.2) is 0 Å². The Morgan fingerprint density at radius 3 is 1.48 bits per heavy atom. The van der Waals surface area contributed by atoms with Gasteiger partial charge < -0.3 is 27.6 Å². The lowest BCUT2D eigenvalue weighted by atomic mass is 9.95. The molecule has 0 radical (unpaired) electrons. The van der Waals surface area contributed by atoms with E-state index in [-0.39, 0.29) is 25.5 Å². The highest BCUT2D eigenvalue weighted by Gasteiger charge is 2.44. The summed E-state index contributed by atoms with van der Waals surface area (Å²) in [7, 11) is -1.71. The maximum atomic E-state index is 13.7. The maximum Gasteiger partial charge on any atom is 0.332 e. The highest BCUT2D eigenvalue weighted by atomic mass is 31.2. The molecule has 9 nitrogen and oxygen atoms in total. The van der Waals surface area contributed by atoms with E-state index in [0.29, 0.717) is 11.1 Å². The Hall–Kier alpha value is -1.67. The van der Waals surface area contributed by atoms with Crippen LogP contribution in [-0.2, 0) is 42.5 Å². The lowest BCUT2D eigenvalue weighted by molar-refractivity contribution is -0.204. The summed E-state index contributed by atoms with van der Waals surface area (Å²) in [5.74, 6) is -2.40. The highest BCUT2D eigenvalue weighted by molar-refractivity contribution is 7.54. The van der Waals surface area contributed by atoms with Crippen LogP contribution < -0.4 is 0 Å². The van der Waals surface area contributed by atoms with E-state index in [1.807, 2.05) is 0 Å². The van der Waals surface area contributed by atoms with E-state index in [0.717, 1.165) is 0 Å². The standard InChI is InChI=1S/C22H30O9P2/c1-26-32(24,27-2)17-15-30-22(20-13-9-6-10-14-20,21(23)19-11-7-5-8-12-19)31-16-18-33(25,28-3)29-4/h5-14H,15-18H2,1-4H3. The van der Waals surface area contributed by atoms with Crippen molar-refractivity contribution in [2.75, 3.05) is 54.0 Å². The van der Waals surface area contributed by atoms with E-state index >= 15 is 0 Å². The molecule has 0 fully saturated rings. The Morgan fingerprint density at radius 1 is 0.697 bits per heavy atom. The number of ether oxygens (including phenoxy) is 2. The van der Waals surface area contributed by atoms with Gasteiger partial charge in [0, 0.05) is 39.6 Å². The van der Waals surface area contributed by atoms with Gasteiger partial charge >= 0.3 is 15.2 Å². The molecule has 0 aliphatic heterocycles. The van der Waals surface area contributed by atoms with E-state index in [4.69, 9.17) is 27.6 Å². The maximum absolute atomic E-state index is 13.7. The van der Waals surface area contributed by atoms with Crippen molar-refractivity contribution in [2.45, 2.75) is 5.79 Å². The molecule has 0 aliphatic rings. The summed E-state index contributed by atoms with van der Waals surface area (Å²) in [5.41, 5.74) is 0.748. The molecule has 0 atom stereocenters. The molecule has 182 valence electrons. The Morgan fingerprint density at radius 2 is 1.09 bits per heavy atom. The van der Waals surface area contributed by atoms with E-state index in [2.05, 4.69) is 0 Å². The monoisotopic (exact) mass is 500 g/mol. The van der Waals surface area contributed by atoms with Crippen LogP contribution in [0.3, 0.4) is 0 Å². The van der Waals surface area contributed by atoms with Crippen molar-refractivity contribution in [3.8, 4) is 0 Å². The summed E-state index contributed by atoms with van der Waals surface area (Å²) in [6, 6.07) is 17.1. The molecule has 0 saturated carbocycles. The van der Waals surface area contributed by atoms with Crippen molar-refractivity contribution >= 4 is 21.0 Å². The van der Waals surface area contributed by atoms with E-state index in [1.54, 1.807) is 60.7 Å².